The lowest BCUT2D eigenvalue weighted by Gasteiger charge is -2.21. The normalized spacial score (nSPS) is 16.1. The summed E-state index contributed by atoms with van der Waals surface area (Å²) in [6, 6.07) is 8.86. The number of hydrogen-bond donors (Lipinski definition) is 1. The van der Waals surface area contributed by atoms with Gasteiger partial charge in [-0.2, -0.15) is 5.10 Å². The van der Waals surface area contributed by atoms with Crippen molar-refractivity contribution in [3.05, 3.63) is 45.1 Å². The molecule has 0 radical (unpaired) electrons. The lowest BCUT2D eigenvalue weighted by molar-refractivity contribution is 0.328. The molecule has 0 unspecified atom stereocenters. The van der Waals surface area contributed by atoms with Crippen LogP contribution in [0.25, 0.3) is 0 Å². The number of nitrogens with zero attached hydrogens (tertiary/aromatic N) is 2. The molecule has 0 bridgehead atoms. The fourth-order valence-corrected chi connectivity index (χ4v) is 4.03. The van der Waals surface area contributed by atoms with E-state index in [1.54, 1.807) is 0 Å². The molecule has 1 N–H and O–H groups in total. The summed E-state index contributed by atoms with van der Waals surface area (Å²) < 4.78 is 4.29. The van der Waals surface area contributed by atoms with E-state index in [2.05, 4.69) is 60.2 Å². The molecule has 1 aromatic heterocycles. The molecule has 1 saturated carbocycles. The number of halogens is 2. The van der Waals surface area contributed by atoms with E-state index in [0.29, 0.717) is 6.04 Å². The molecule has 1 aliphatic rings. The van der Waals surface area contributed by atoms with E-state index < -0.39 is 0 Å². The average Bonchev–Trinajstić information content (AvgIpc) is 2.96. The Morgan fingerprint density at radius 3 is 2.71 bits per heavy atom. The Labute approximate surface area is 142 Å². The topological polar surface area (TPSA) is 29.9 Å². The van der Waals surface area contributed by atoms with Crippen molar-refractivity contribution in [3.8, 4) is 0 Å². The zero-order valence-electron chi connectivity index (χ0n) is 11.9. The molecule has 2 aromatic rings. The van der Waals surface area contributed by atoms with Crippen LogP contribution in [0.5, 0.6) is 0 Å². The van der Waals surface area contributed by atoms with Crippen LogP contribution in [0, 0.1) is 0 Å². The van der Waals surface area contributed by atoms with Gasteiger partial charge in [0.15, 0.2) is 0 Å². The highest BCUT2D eigenvalue weighted by Gasteiger charge is 2.15. The second-order valence-corrected chi connectivity index (χ2v) is 7.33. The van der Waals surface area contributed by atoms with E-state index in [1.165, 1.54) is 32.1 Å². The van der Waals surface area contributed by atoms with Gasteiger partial charge >= 0.3 is 0 Å². The maximum Gasteiger partial charge on any atom is 0.0815 e. The summed E-state index contributed by atoms with van der Waals surface area (Å²) >= 11 is 7.04. The molecule has 1 aromatic carbocycles. The Morgan fingerprint density at radius 1 is 1.14 bits per heavy atom. The summed E-state index contributed by atoms with van der Waals surface area (Å²) in [7, 11) is 0. The summed E-state index contributed by atoms with van der Waals surface area (Å²) in [4.78, 5) is 0. The van der Waals surface area contributed by atoms with Crippen LogP contribution < -0.4 is 5.32 Å². The van der Waals surface area contributed by atoms with Crippen LogP contribution in [-0.2, 0) is 6.54 Å². The van der Waals surface area contributed by atoms with Gasteiger partial charge in [0.05, 0.1) is 18.3 Å². The molecule has 5 heteroatoms. The van der Waals surface area contributed by atoms with Gasteiger partial charge in [0.1, 0.15) is 0 Å². The number of hydrogen-bond acceptors (Lipinski definition) is 2. The first-order valence-corrected chi connectivity index (χ1v) is 9.04. The van der Waals surface area contributed by atoms with Gasteiger partial charge in [0.25, 0.3) is 0 Å². The number of anilines is 1. The molecular weight excluding hydrogens is 394 g/mol. The van der Waals surface area contributed by atoms with E-state index in [9.17, 15) is 0 Å². The van der Waals surface area contributed by atoms with Crippen molar-refractivity contribution < 1.29 is 0 Å². The number of aromatic nitrogens is 2. The maximum atomic E-state index is 4.73. The van der Waals surface area contributed by atoms with E-state index in [0.717, 1.165) is 26.9 Å². The number of rotatable bonds is 4. The van der Waals surface area contributed by atoms with Gasteiger partial charge in [-0.3, -0.25) is 4.68 Å². The van der Waals surface area contributed by atoms with Crippen molar-refractivity contribution in [1.82, 2.24) is 9.78 Å². The Kier molecular flexibility index (Phi) is 5.01. The van der Waals surface area contributed by atoms with Crippen molar-refractivity contribution in [3.63, 3.8) is 0 Å². The minimum absolute atomic E-state index is 0.604. The fourth-order valence-electron chi connectivity index (χ4n) is 2.84. The van der Waals surface area contributed by atoms with Crippen LogP contribution in [-0.4, -0.2) is 9.78 Å². The third-order valence-electron chi connectivity index (χ3n) is 4.00. The standard InChI is InChI=1S/C16H19Br2N3/c17-12-6-7-16(15(18)10-12)19-11-13-8-9-21(20-13)14-4-2-1-3-5-14/h6-10,14,19H,1-5,11H2. The van der Waals surface area contributed by atoms with Gasteiger partial charge in [-0.05, 0) is 53.0 Å². The predicted octanol–water partition coefficient (Wildman–Crippen LogP) is 5.53. The van der Waals surface area contributed by atoms with Crippen molar-refractivity contribution >= 4 is 37.5 Å². The average molecular weight is 413 g/mol. The molecule has 112 valence electrons. The summed E-state index contributed by atoms with van der Waals surface area (Å²) in [6.07, 6.45) is 8.72. The second-order valence-electron chi connectivity index (χ2n) is 5.56. The third kappa shape index (κ3) is 3.89. The molecule has 1 heterocycles. The van der Waals surface area contributed by atoms with E-state index in [4.69, 9.17) is 5.10 Å². The molecule has 1 aliphatic carbocycles. The zero-order chi connectivity index (χ0) is 14.7. The molecule has 3 nitrogen and oxygen atoms in total. The van der Waals surface area contributed by atoms with Crippen molar-refractivity contribution in [2.24, 2.45) is 0 Å². The Morgan fingerprint density at radius 2 is 1.95 bits per heavy atom. The molecule has 0 amide bonds. The summed E-state index contributed by atoms with van der Waals surface area (Å²) in [5, 5.41) is 8.15. The van der Waals surface area contributed by atoms with Gasteiger partial charge in [0.2, 0.25) is 0 Å². The van der Waals surface area contributed by atoms with Gasteiger partial charge < -0.3 is 5.32 Å². The van der Waals surface area contributed by atoms with Gasteiger partial charge in [-0.1, -0.05) is 35.2 Å². The summed E-state index contributed by atoms with van der Waals surface area (Å²) in [5.74, 6) is 0. The zero-order valence-corrected chi connectivity index (χ0v) is 15.0. The predicted molar refractivity (Wildman–Crippen MR) is 93.5 cm³/mol. The quantitative estimate of drug-likeness (QED) is 0.715. The smallest absolute Gasteiger partial charge is 0.0815 e. The highest BCUT2D eigenvalue weighted by atomic mass is 79.9. The molecule has 1 fully saturated rings. The fraction of sp³-hybridized carbons (Fsp3) is 0.438. The Balaban J connectivity index is 1.61. The molecule has 0 spiro atoms. The number of nitrogens with one attached hydrogen (secondary N) is 1. The molecule has 21 heavy (non-hydrogen) atoms. The van der Waals surface area contributed by atoms with Crippen LogP contribution in [0.2, 0.25) is 0 Å². The first-order valence-electron chi connectivity index (χ1n) is 7.45. The molecule has 0 atom stereocenters. The summed E-state index contributed by atoms with van der Waals surface area (Å²) in [6.45, 7) is 0.750. The van der Waals surface area contributed by atoms with Gasteiger partial charge in [-0.15, -0.1) is 0 Å². The van der Waals surface area contributed by atoms with Crippen LogP contribution in [0.3, 0.4) is 0 Å². The highest BCUT2D eigenvalue weighted by Crippen LogP contribution is 2.28. The maximum absolute atomic E-state index is 4.73. The molecule has 0 aliphatic heterocycles. The Hall–Kier alpha value is -0.810. The van der Waals surface area contributed by atoms with E-state index in [-0.39, 0.29) is 0 Å². The van der Waals surface area contributed by atoms with Gasteiger partial charge in [0, 0.05) is 20.8 Å². The van der Waals surface area contributed by atoms with Gasteiger partial charge in [-0.25, -0.2) is 0 Å². The number of benzene rings is 1. The van der Waals surface area contributed by atoms with Crippen LogP contribution in [0.1, 0.15) is 43.8 Å². The molecule has 0 saturated heterocycles. The van der Waals surface area contributed by atoms with E-state index in [1.807, 2.05) is 12.1 Å². The first-order chi connectivity index (χ1) is 10.2. The SMILES string of the molecule is Brc1ccc(NCc2ccn(C3CCCCC3)n2)c(Br)c1. The molecular formula is C16H19Br2N3. The monoisotopic (exact) mass is 411 g/mol. The van der Waals surface area contributed by atoms with E-state index >= 15 is 0 Å². The largest absolute Gasteiger partial charge is 0.378 e. The highest BCUT2D eigenvalue weighted by molar-refractivity contribution is 9.11. The Bertz CT molecular complexity index is 603. The lowest BCUT2D eigenvalue weighted by Crippen LogP contribution is -2.13. The van der Waals surface area contributed by atoms with Crippen LogP contribution in [0.4, 0.5) is 5.69 Å². The minimum atomic E-state index is 0.604. The van der Waals surface area contributed by atoms with Crippen molar-refractivity contribution in [2.75, 3.05) is 5.32 Å². The minimum Gasteiger partial charge on any atom is -0.378 e. The second kappa shape index (κ2) is 6.97. The van der Waals surface area contributed by atoms with Crippen LogP contribution in [0.15, 0.2) is 39.4 Å². The first kappa shape index (κ1) is 15.1. The molecule has 3 rings (SSSR count). The van der Waals surface area contributed by atoms with Crippen LogP contribution >= 0.6 is 31.9 Å². The lowest BCUT2D eigenvalue weighted by atomic mass is 9.96. The third-order valence-corrected chi connectivity index (χ3v) is 5.15. The van der Waals surface area contributed by atoms with Crippen molar-refractivity contribution in [2.45, 2.75) is 44.7 Å². The summed E-state index contributed by atoms with van der Waals surface area (Å²) in [5.41, 5.74) is 2.18. The van der Waals surface area contributed by atoms with Crippen molar-refractivity contribution in [1.29, 1.82) is 0 Å².